The van der Waals surface area contributed by atoms with Crippen molar-refractivity contribution in [1.82, 2.24) is 0 Å². The first kappa shape index (κ1) is 11.5. The Kier molecular flexibility index (Phi) is 2.55. The fourth-order valence-corrected chi connectivity index (χ4v) is 2.45. The zero-order valence-corrected chi connectivity index (χ0v) is 9.72. The number of rotatable bonds is 3. The van der Waals surface area contributed by atoms with Crippen molar-refractivity contribution in [2.45, 2.75) is 36.8 Å². The van der Waals surface area contributed by atoms with Crippen LogP contribution in [0.2, 0.25) is 0 Å². The molecule has 0 atom stereocenters. The SMILES string of the molecule is Cc1ccc(S(=O)(=O)O)c(CC2(F)CC2)c1. The number of hydrogen-bond acceptors (Lipinski definition) is 2. The first-order chi connectivity index (χ1) is 7.30. The van der Waals surface area contributed by atoms with Gasteiger partial charge in [-0.25, -0.2) is 4.39 Å². The molecule has 1 fully saturated rings. The summed E-state index contributed by atoms with van der Waals surface area (Å²) in [5.41, 5.74) is -0.0538. The van der Waals surface area contributed by atoms with Crippen molar-refractivity contribution in [2.24, 2.45) is 0 Å². The molecule has 1 aliphatic rings. The summed E-state index contributed by atoms with van der Waals surface area (Å²) < 4.78 is 44.8. The van der Waals surface area contributed by atoms with E-state index >= 15 is 0 Å². The van der Waals surface area contributed by atoms with E-state index in [1.807, 2.05) is 0 Å². The molecule has 1 aromatic rings. The van der Waals surface area contributed by atoms with Gasteiger partial charge in [0.25, 0.3) is 10.1 Å². The third kappa shape index (κ3) is 2.41. The molecule has 16 heavy (non-hydrogen) atoms. The number of alkyl halides is 1. The maximum Gasteiger partial charge on any atom is 0.294 e. The highest BCUT2D eigenvalue weighted by Gasteiger charge is 2.43. The fraction of sp³-hybridized carbons (Fsp3) is 0.455. The lowest BCUT2D eigenvalue weighted by Crippen LogP contribution is -2.10. The molecule has 0 unspecified atom stereocenters. The van der Waals surface area contributed by atoms with Crippen LogP contribution in [0.4, 0.5) is 4.39 Å². The molecule has 1 N–H and O–H groups in total. The van der Waals surface area contributed by atoms with Crippen molar-refractivity contribution in [2.75, 3.05) is 0 Å². The van der Waals surface area contributed by atoms with Crippen LogP contribution in [0.3, 0.4) is 0 Å². The minimum atomic E-state index is -4.26. The van der Waals surface area contributed by atoms with E-state index in [1.54, 1.807) is 19.1 Å². The number of halogens is 1. The molecule has 5 heteroatoms. The van der Waals surface area contributed by atoms with E-state index < -0.39 is 15.8 Å². The van der Waals surface area contributed by atoms with Crippen molar-refractivity contribution >= 4 is 10.1 Å². The highest BCUT2D eigenvalue weighted by molar-refractivity contribution is 7.85. The predicted molar refractivity (Wildman–Crippen MR) is 57.8 cm³/mol. The lowest BCUT2D eigenvalue weighted by molar-refractivity contribution is 0.306. The summed E-state index contributed by atoms with van der Waals surface area (Å²) in [5.74, 6) is 0. The van der Waals surface area contributed by atoms with Crippen LogP contribution in [0.25, 0.3) is 0 Å². The normalized spacial score (nSPS) is 18.4. The summed E-state index contributed by atoms with van der Waals surface area (Å²) >= 11 is 0. The quantitative estimate of drug-likeness (QED) is 0.830. The van der Waals surface area contributed by atoms with Crippen molar-refractivity contribution in [3.05, 3.63) is 29.3 Å². The standard InChI is InChI=1S/C11H13FO3S/c1-8-2-3-10(16(13,14)15)9(6-8)7-11(12)4-5-11/h2-3,6H,4-5,7H2,1H3,(H,13,14,15). The summed E-state index contributed by atoms with van der Waals surface area (Å²) in [7, 11) is -4.26. The van der Waals surface area contributed by atoms with Gasteiger partial charge in [-0.1, -0.05) is 17.7 Å². The van der Waals surface area contributed by atoms with Gasteiger partial charge in [0.15, 0.2) is 0 Å². The molecule has 2 rings (SSSR count). The van der Waals surface area contributed by atoms with Gasteiger partial charge in [-0.3, -0.25) is 4.55 Å². The van der Waals surface area contributed by atoms with Gasteiger partial charge in [0.05, 0.1) is 4.90 Å². The summed E-state index contributed by atoms with van der Waals surface area (Å²) in [5, 5.41) is 0. The van der Waals surface area contributed by atoms with E-state index in [2.05, 4.69) is 0 Å². The summed E-state index contributed by atoms with van der Waals surface area (Å²) in [6.45, 7) is 1.80. The molecule has 0 aliphatic heterocycles. The maximum atomic E-state index is 13.6. The molecule has 0 radical (unpaired) electrons. The van der Waals surface area contributed by atoms with Crippen molar-refractivity contribution in [3.63, 3.8) is 0 Å². The molecule has 0 saturated heterocycles. The Labute approximate surface area is 94.0 Å². The van der Waals surface area contributed by atoms with Crippen molar-refractivity contribution in [1.29, 1.82) is 0 Å². The number of hydrogen-bond donors (Lipinski definition) is 1. The zero-order chi connectivity index (χ0) is 12.0. The molecule has 3 nitrogen and oxygen atoms in total. The Hall–Kier alpha value is -0.940. The van der Waals surface area contributed by atoms with E-state index in [1.165, 1.54) is 6.07 Å². The Morgan fingerprint density at radius 3 is 2.56 bits per heavy atom. The average molecular weight is 244 g/mol. The topological polar surface area (TPSA) is 54.4 Å². The fourth-order valence-electron chi connectivity index (χ4n) is 1.75. The largest absolute Gasteiger partial charge is 0.294 e. The van der Waals surface area contributed by atoms with Crippen molar-refractivity contribution < 1.29 is 17.4 Å². The molecule has 1 aliphatic carbocycles. The smallest absolute Gasteiger partial charge is 0.282 e. The Morgan fingerprint density at radius 2 is 2.06 bits per heavy atom. The number of benzene rings is 1. The van der Waals surface area contributed by atoms with Gasteiger partial charge in [0.1, 0.15) is 5.67 Å². The van der Waals surface area contributed by atoms with Crippen LogP contribution in [0, 0.1) is 6.92 Å². The van der Waals surface area contributed by atoms with Crippen LogP contribution >= 0.6 is 0 Å². The van der Waals surface area contributed by atoms with Gasteiger partial charge < -0.3 is 0 Å². The molecular weight excluding hydrogens is 231 g/mol. The second-order valence-corrected chi connectivity index (χ2v) is 5.80. The molecular formula is C11H13FO3S. The van der Waals surface area contributed by atoms with E-state index in [9.17, 15) is 12.8 Å². The van der Waals surface area contributed by atoms with Gasteiger partial charge in [-0.15, -0.1) is 0 Å². The van der Waals surface area contributed by atoms with Crippen LogP contribution in [0.1, 0.15) is 24.0 Å². The lowest BCUT2D eigenvalue weighted by Gasteiger charge is -2.10. The molecule has 1 saturated carbocycles. The summed E-state index contributed by atoms with van der Waals surface area (Å²) in [6.07, 6.45) is 0.988. The highest BCUT2D eigenvalue weighted by atomic mass is 32.2. The monoisotopic (exact) mass is 244 g/mol. The molecule has 0 amide bonds. The second kappa shape index (κ2) is 3.53. The molecule has 0 aromatic heterocycles. The Bertz CT molecular complexity index is 518. The predicted octanol–water partition coefficient (Wildman–Crippen LogP) is 2.29. The zero-order valence-electron chi connectivity index (χ0n) is 8.90. The van der Waals surface area contributed by atoms with Gasteiger partial charge in [-0.05, 0) is 31.4 Å². The van der Waals surface area contributed by atoms with E-state index in [4.69, 9.17) is 4.55 Å². The summed E-state index contributed by atoms with van der Waals surface area (Å²) in [4.78, 5) is -0.179. The first-order valence-corrected chi connectivity index (χ1v) is 6.50. The van der Waals surface area contributed by atoms with Crippen LogP contribution in [-0.4, -0.2) is 18.6 Å². The van der Waals surface area contributed by atoms with Crippen molar-refractivity contribution in [3.8, 4) is 0 Å². The minimum Gasteiger partial charge on any atom is -0.282 e. The van der Waals surface area contributed by atoms with Gasteiger partial charge in [-0.2, -0.15) is 8.42 Å². The molecule has 0 bridgehead atoms. The third-order valence-electron chi connectivity index (χ3n) is 2.79. The minimum absolute atomic E-state index is 0.0593. The lowest BCUT2D eigenvalue weighted by atomic mass is 10.1. The average Bonchev–Trinajstić information content (AvgIpc) is 2.80. The molecule has 88 valence electrons. The molecule has 1 aromatic carbocycles. The van der Waals surface area contributed by atoms with Crippen LogP contribution in [-0.2, 0) is 16.5 Å². The Balaban J connectivity index is 2.44. The van der Waals surface area contributed by atoms with Crippen LogP contribution < -0.4 is 0 Å². The third-order valence-corrected chi connectivity index (χ3v) is 3.75. The van der Waals surface area contributed by atoms with E-state index in [0.717, 1.165) is 5.56 Å². The van der Waals surface area contributed by atoms with E-state index in [0.29, 0.717) is 18.4 Å². The van der Waals surface area contributed by atoms with Gasteiger partial charge in [0.2, 0.25) is 0 Å². The molecule has 0 heterocycles. The molecule has 0 spiro atoms. The Morgan fingerprint density at radius 1 is 1.44 bits per heavy atom. The van der Waals surface area contributed by atoms with Gasteiger partial charge in [0, 0.05) is 6.42 Å². The highest BCUT2D eigenvalue weighted by Crippen LogP contribution is 2.43. The second-order valence-electron chi connectivity index (χ2n) is 4.41. The summed E-state index contributed by atoms with van der Waals surface area (Å²) in [6, 6.07) is 4.53. The number of aryl methyl sites for hydroxylation is 1. The van der Waals surface area contributed by atoms with Crippen LogP contribution in [0.5, 0.6) is 0 Å². The first-order valence-electron chi connectivity index (χ1n) is 5.06. The maximum absolute atomic E-state index is 13.6. The van der Waals surface area contributed by atoms with Gasteiger partial charge >= 0.3 is 0 Å². The van der Waals surface area contributed by atoms with Crippen LogP contribution in [0.15, 0.2) is 23.1 Å². The van der Waals surface area contributed by atoms with E-state index in [-0.39, 0.29) is 11.3 Å².